The van der Waals surface area contributed by atoms with Crippen molar-refractivity contribution < 1.29 is 20.0 Å². The summed E-state index contributed by atoms with van der Waals surface area (Å²) in [6.45, 7) is 4.25. The van der Waals surface area contributed by atoms with Gasteiger partial charge in [-0.2, -0.15) is 0 Å². The van der Waals surface area contributed by atoms with E-state index >= 15 is 0 Å². The number of fused-ring (bicyclic) bond motifs is 1. The first-order valence-electron chi connectivity index (χ1n) is 8.37. The van der Waals surface area contributed by atoms with E-state index in [1.165, 1.54) is 51.0 Å². The van der Waals surface area contributed by atoms with Crippen LogP contribution < -0.4 is 21.2 Å². The Labute approximate surface area is 132 Å². The average Bonchev–Trinajstić information content (AvgIpc) is 2.77. The van der Waals surface area contributed by atoms with Gasteiger partial charge in [-0.25, -0.2) is 10.5 Å². The first kappa shape index (κ1) is 19.0. The molecule has 0 bridgehead atoms. The van der Waals surface area contributed by atoms with E-state index in [0.717, 1.165) is 6.54 Å². The second-order valence-corrected chi connectivity index (χ2v) is 5.93. The van der Waals surface area contributed by atoms with Crippen LogP contribution >= 0.6 is 0 Å². The molecule has 0 saturated carbocycles. The topological polar surface area (TPSA) is 115 Å². The Morgan fingerprint density at radius 3 is 2.82 bits per heavy atom. The van der Waals surface area contributed by atoms with Gasteiger partial charge < -0.3 is 20.8 Å². The number of unbranched alkanes of at least 4 members (excludes halogenated alkanes) is 1. The Hall–Kier alpha value is -1.02. The van der Waals surface area contributed by atoms with Crippen LogP contribution in [0.5, 0.6) is 0 Å². The van der Waals surface area contributed by atoms with Crippen LogP contribution in [-0.2, 0) is 4.79 Å². The van der Waals surface area contributed by atoms with Crippen LogP contribution in [0.25, 0.3) is 0 Å². The summed E-state index contributed by atoms with van der Waals surface area (Å²) in [7, 11) is 0. The van der Waals surface area contributed by atoms with Gasteiger partial charge in [0.2, 0.25) is 0 Å². The standard InChI is InChI=1S/C9H16N2.C6H14N2O3/c1-2-5-9-10-6-4-8-11(9)7-3-1;7-5(6(9)10)3-1-2-4-8-11/h1-8H2;5,8,11H,1-4,7H2,(H,9,10)/t;5-/m.0/s1. The second-order valence-electron chi connectivity index (χ2n) is 5.93. The highest BCUT2D eigenvalue weighted by Gasteiger charge is 2.21. The zero-order valence-corrected chi connectivity index (χ0v) is 13.4. The Kier molecular flexibility index (Phi) is 9.98. The predicted molar refractivity (Wildman–Crippen MR) is 82.7 cm³/mol. The van der Waals surface area contributed by atoms with E-state index in [9.17, 15) is 9.90 Å². The first-order valence-corrected chi connectivity index (χ1v) is 8.37. The fourth-order valence-electron chi connectivity index (χ4n) is 2.78. The molecule has 0 spiro atoms. The van der Waals surface area contributed by atoms with Gasteiger partial charge in [0.1, 0.15) is 0 Å². The quantitative estimate of drug-likeness (QED) is 0.350. The van der Waals surface area contributed by atoms with Crippen LogP contribution in [0, 0.1) is 0 Å². The van der Waals surface area contributed by atoms with Gasteiger partial charge in [-0.3, -0.25) is 4.90 Å². The SMILES string of the molecule is C1CCC2=NCCC[NH+]2CC1.N[C@@H](CCCCNO)C(=O)[O-]. The molecule has 7 nitrogen and oxygen atoms in total. The minimum atomic E-state index is -1.22. The number of carbonyl (C=O) groups is 1. The lowest BCUT2D eigenvalue weighted by Crippen LogP contribution is -3.15. The Morgan fingerprint density at radius 2 is 2.09 bits per heavy atom. The molecular weight excluding hydrogens is 284 g/mol. The number of carbonyl (C=O) groups excluding carboxylic acids is 1. The number of carboxylic acids is 1. The van der Waals surface area contributed by atoms with Crippen molar-refractivity contribution in [1.29, 1.82) is 0 Å². The average molecular weight is 314 g/mol. The lowest BCUT2D eigenvalue weighted by atomic mass is 10.1. The number of hydrogen-bond donors (Lipinski definition) is 4. The molecule has 5 N–H and O–H groups in total. The summed E-state index contributed by atoms with van der Waals surface area (Å²) >= 11 is 0. The van der Waals surface area contributed by atoms with E-state index in [-0.39, 0.29) is 0 Å². The van der Waals surface area contributed by atoms with Crippen molar-refractivity contribution in [3.63, 3.8) is 0 Å². The fourth-order valence-corrected chi connectivity index (χ4v) is 2.78. The maximum atomic E-state index is 10.1. The third-order valence-corrected chi connectivity index (χ3v) is 4.10. The van der Waals surface area contributed by atoms with Crippen LogP contribution in [0.3, 0.4) is 0 Å². The molecule has 2 rings (SSSR count). The number of rotatable bonds is 6. The number of aliphatic imine (C=N–C) groups is 1. The Balaban J connectivity index is 0.000000220. The molecule has 0 amide bonds. The molecule has 1 unspecified atom stereocenters. The first-order chi connectivity index (χ1) is 10.6. The number of hydroxylamine groups is 1. The lowest BCUT2D eigenvalue weighted by Gasteiger charge is -2.21. The normalized spacial score (nSPS) is 22.5. The van der Waals surface area contributed by atoms with Crippen molar-refractivity contribution in [3.8, 4) is 0 Å². The molecule has 0 aliphatic carbocycles. The number of carboxylic acid groups (broad SMARTS) is 1. The van der Waals surface area contributed by atoms with Crippen molar-refractivity contribution >= 4 is 11.8 Å². The van der Waals surface area contributed by atoms with Crippen molar-refractivity contribution in [1.82, 2.24) is 5.48 Å². The molecule has 1 fully saturated rings. The highest BCUT2D eigenvalue weighted by Crippen LogP contribution is 2.03. The van der Waals surface area contributed by atoms with E-state index < -0.39 is 12.0 Å². The van der Waals surface area contributed by atoms with Crippen LogP contribution in [0.4, 0.5) is 0 Å². The summed E-state index contributed by atoms with van der Waals surface area (Å²) < 4.78 is 0. The largest absolute Gasteiger partial charge is 0.548 e. The van der Waals surface area contributed by atoms with E-state index in [0.29, 0.717) is 25.8 Å². The fraction of sp³-hybridized carbons (Fsp3) is 0.867. The molecule has 1 saturated heterocycles. The predicted octanol–water partition coefficient (Wildman–Crippen LogP) is -1.54. The van der Waals surface area contributed by atoms with E-state index in [2.05, 4.69) is 4.99 Å². The number of nitrogens with one attached hydrogen (secondary N) is 2. The second kappa shape index (κ2) is 11.5. The number of hydrogen-bond acceptors (Lipinski definition) is 6. The molecule has 22 heavy (non-hydrogen) atoms. The molecule has 7 heteroatoms. The summed E-state index contributed by atoms with van der Waals surface area (Å²) in [5.74, 6) is 0.260. The maximum Gasteiger partial charge on any atom is 0.196 e. The van der Waals surface area contributed by atoms with E-state index in [1.807, 2.05) is 5.48 Å². The monoisotopic (exact) mass is 314 g/mol. The number of quaternary nitrogens is 1. The summed E-state index contributed by atoms with van der Waals surface area (Å²) in [6.07, 6.45) is 8.55. The molecule has 2 heterocycles. The molecule has 0 radical (unpaired) electrons. The third kappa shape index (κ3) is 7.84. The van der Waals surface area contributed by atoms with Gasteiger partial charge in [-0.15, -0.1) is 0 Å². The van der Waals surface area contributed by atoms with Crippen molar-refractivity contribution in [2.24, 2.45) is 10.7 Å². The van der Waals surface area contributed by atoms with E-state index in [4.69, 9.17) is 10.9 Å². The maximum absolute atomic E-state index is 10.1. The molecule has 128 valence electrons. The van der Waals surface area contributed by atoms with Gasteiger partial charge in [-0.1, -0.05) is 6.42 Å². The molecule has 2 atom stereocenters. The number of nitrogens with two attached hydrogens (primary N) is 1. The molecule has 0 aromatic carbocycles. The highest BCUT2D eigenvalue weighted by molar-refractivity contribution is 5.73. The third-order valence-electron chi connectivity index (χ3n) is 4.10. The zero-order valence-electron chi connectivity index (χ0n) is 13.4. The van der Waals surface area contributed by atoms with Crippen LogP contribution in [0.1, 0.15) is 51.4 Å². The van der Waals surface area contributed by atoms with Gasteiger partial charge in [0.05, 0.1) is 19.1 Å². The smallest absolute Gasteiger partial charge is 0.196 e. The highest BCUT2D eigenvalue weighted by atomic mass is 16.5. The minimum Gasteiger partial charge on any atom is -0.548 e. The summed E-state index contributed by atoms with van der Waals surface area (Å²) in [4.78, 5) is 16.3. The number of nitrogens with zero attached hydrogens (tertiary/aromatic N) is 1. The van der Waals surface area contributed by atoms with Gasteiger partial charge >= 0.3 is 0 Å². The molecule has 0 aromatic rings. The van der Waals surface area contributed by atoms with Gasteiger partial charge in [0, 0.05) is 32.0 Å². The van der Waals surface area contributed by atoms with Crippen LogP contribution in [0.15, 0.2) is 4.99 Å². The summed E-state index contributed by atoms with van der Waals surface area (Å²) in [6, 6.07) is -0.881. The number of amidine groups is 1. The summed E-state index contributed by atoms with van der Waals surface area (Å²) in [5, 5.41) is 18.2. The molecule has 2 aliphatic heterocycles. The van der Waals surface area contributed by atoms with Crippen molar-refractivity contribution in [2.75, 3.05) is 26.2 Å². The van der Waals surface area contributed by atoms with Gasteiger partial charge in [-0.05, 0) is 32.1 Å². The number of aliphatic carboxylic acids is 1. The van der Waals surface area contributed by atoms with Gasteiger partial charge in [0.25, 0.3) is 0 Å². The van der Waals surface area contributed by atoms with Crippen LogP contribution in [-0.4, -0.2) is 49.2 Å². The minimum absolute atomic E-state index is 0.393. The molecule has 0 aromatic heterocycles. The lowest BCUT2D eigenvalue weighted by molar-refractivity contribution is -0.809. The Bertz CT molecular complexity index is 350. The van der Waals surface area contributed by atoms with Crippen molar-refractivity contribution in [2.45, 2.75) is 57.4 Å². The van der Waals surface area contributed by atoms with Crippen molar-refractivity contribution in [3.05, 3.63) is 0 Å². The van der Waals surface area contributed by atoms with Crippen LogP contribution in [0.2, 0.25) is 0 Å². The molecule has 2 aliphatic rings. The van der Waals surface area contributed by atoms with E-state index in [1.54, 1.807) is 4.90 Å². The molecular formula is C15H30N4O3. The Morgan fingerprint density at radius 1 is 1.32 bits per heavy atom. The summed E-state index contributed by atoms with van der Waals surface area (Å²) in [5.41, 5.74) is 7.12. The van der Waals surface area contributed by atoms with Gasteiger partial charge in [0.15, 0.2) is 5.84 Å². The zero-order chi connectivity index (χ0) is 16.2.